The lowest BCUT2D eigenvalue weighted by Gasteiger charge is -2.33. The molecule has 2 aromatic rings. The van der Waals surface area contributed by atoms with Gasteiger partial charge in [0.2, 0.25) is 0 Å². The van der Waals surface area contributed by atoms with Crippen molar-refractivity contribution < 1.29 is 54.2 Å². The van der Waals surface area contributed by atoms with Crippen LogP contribution in [0.5, 0.6) is 0 Å². The normalized spacial score (nSPS) is 16.6. The van der Waals surface area contributed by atoms with Crippen LogP contribution in [0, 0.1) is 0 Å². The van der Waals surface area contributed by atoms with Crippen molar-refractivity contribution >= 4 is 41.3 Å². The largest absolute Gasteiger partial charge is 0.539 e. The number of quaternary nitrogens is 2. The Kier molecular flexibility index (Phi) is 11.8. The molecule has 0 aliphatic carbocycles. The summed E-state index contributed by atoms with van der Waals surface area (Å²) in [5, 5.41) is 32.6. The number of carbonyl (C=O) groups excluding carboxylic acids is 3. The predicted octanol–water partition coefficient (Wildman–Crippen LogP) is -4.14. The van der Waals surface area contributed by atoms with Gasteiger partial charge in [-0.2, -0.15) is 0 Å². The van der Waals surface area contributed by atoms with Crippen molar-refractivity contribution in [3.63, 3.8) is 0 Å². The van der Waals surface area contributed by atoms with Gasteiger partial charge in [-0.3, -0.25) is 14.6 Å². The smallest absolute Gasteiger partial charge is 0.351 e. The molecule has 13 nitrogen and oxygen atoms in total. The van der Waals surface area contributed by atoms with E-state index in [1.807, 2.05) is 35.4 Å². The van der Waals surface area contributed by atoms with Crippen LogP contribution in [-0.2, 0) is 30.5 Å². The summed E-state index contributed by atoms with van der Waals surface area (Å²) in [5.41, 5.74) is 2.23. The third kappa shape index (κ3) is 9.59. The van der Waals surface area contributed by atoms with Gasteiger partial charge >= 0.3 is 11.9 Å². The van der Waals surface area contributed by atoms with Gasteiger partial charge in [0.25, 0.3) is 11.7 Å². The molecule has 2 aliphatic rings. The second-order valence-corrected chi connectivity index (χ2v) is 8.61. The second-order valence-electron chi connectivity index (χ2n) is 8.61. The highest BCUT2D eigenvalue weighted by Gasteiger charge is 2.35. The quantitative estimate of drug-likeness (QED) is 0.275. The molecule has 4 N–H and O–H groups in total. The summed E-state index contributed by atoms with van der Waals surface area (Å²) in [7, 11) is 0. The molecule has 3 heterocycles. The summed E-state index contributed by atoms with van der Waals surface area (Å²) < 4.78 is 0. The number of anilines is 1. The minimum Gasteiger partial charge on any atom is -0.539 e. The van der Waals surface area contributed by atoms with Crippen LogP contribution in [0.2, 0.25) is 0 Å². The highest BCUT2D eigenvalue weighted by atomic mass is 16.4. The van der Waals surface area contributed by atoms with Crippen molar-refractivity contribution in [2.24, 2.45) is 0 Å². The van der Waals surface area contributed by atoms with Crippen LogP contribution in [0.15, 0.2) is 48.7 Å². The Bertz CT molecular complexity index is 1070. The van der Waals surface area contributed by atoms with Gasteiger partial charge < -0.3 is 34.9 Å². The molecule has 1 unspecified atom stereocenters. The second kappa shape index (κ2) is 15.0. The van der Waals surface area contributed by atoms with Gasteiger partial charge in [-0.1, -0.05) is 30.3 Å². The fourth-order valence-electron chi connectivity index (χ4n) is 4.19. The average molecular weight is 531 g/mol. The van der Waals surface area contributed by atoms with E-state index in [-0.39, 0.29) is 5.91 Å². The summed E-state index contributed by atoms with van der Waals surface area (Å²) in [6, 6.07) is 14.4. The third-order valence-corrected chi connectivity index (χ3v) is 5.94. The van der Waals surface area contributed by atoms with E-state index in [1.165, 1.54) is 37.9 Å². The Labute approximate surface area is 218 Å². The summed E-state index contributed by atoms with van der Waals surface area (Å²) in [6.07, 6.45) is 5.83. The molecular weight excluding hydrogens is 500 g/mol. The molecular formula is C25H30N4O9. The first-order valence-electron chi connectivity index (χ1n) is 12.0. The van der Waals surface area contributed by atoms with Crippen LogP contribution in [0.4, 0.5) is 11.5 Å². The molecule has 4 rings (SSSR count). The van der Waals surface area contributed by atoms with Gasteiger partial charge in [-0.25, -0.2) is 14.6 Å². The van der Waals surface area contributed by atoms with E-state index < -0.39 is 23.9 Å². The molecule has 0 spiro atoms. The van der Waals surface area contributed by atoms with Crippen LogP contribution < -0.4 is 24.9 Å². The zero-order valence-corrected chi connectivity index (χ0v) is 20.6. The number of hydrogen-bond acceptors (Lipinski definition) is 8. The lowest BCUT2D eigenvalue weighted by molar-refractivity contribution is -0.903. The molecule has 1 amide bonds. The molecule has 1 saturated heterocycles. The Hall–Kier alpha value is -4.36. The predicted molar refractivity (Wildman–Crippen MR) is 127 cm³/mol. The molecule has 1 fully saturated rings. The minimum atomic E-state index is -2.07. The summed E-state index contributed by atoms with van der Waals surface area (Å²) >= 11 is 0. The first kappa shape index (κ1) is 29.9. The van der Waals surface area contributed by atoms with E-state index in [9.17, 15) is 4.79 Å². The average Bonchev–Trinajstić information content (AvgIpc) is 2.90. The number of amides is 1. The maximum absolute atomic E-state index is 12.9. The number of aromatic nitrogens is 1. The van der Waals surface area contributed by atoms with Crippen LogP contribution in [0.1, 0.15) is 24.8 Å². The van der Waals surface area contributed by atoms with Crippen molar-refractivity contribution in [2.75, 3.05) is 37.6 Å². The van der Waals surface area contributed by atoms with Crippen molar-refractivity contribution in [3.05, 3.63) is 54.2 Å². The number of nitrogens with one attached hydrogen (secondary N) is 2. The number of likely N-dealkylation sites (tertiary alicyclic amines) is 1. The lowest BCUT2D eigenvalue weighted by Crippen LogP contribution is -3.13. The number of nitrogens with zero attached hydrogens (tertiary/aromatic N) is 2. The molecule has 13 heteroatoms. The number of rotatable bonds is 5. The van der Waals surface area contributed by atoms with Crippen molar-refractivity contribution in [3.8, 4) is 0 Å². The Morgan fingerprint density at radius 1 is 0.895 bits per heavy atom. The maximum atomic E-state index is 12.9. The van der Waals surface area contributed by atoms with Crippen molar-refractivity contribution in [1.29, 1.82) is 0 Å². The number of hydrogen-bond donors (Lipinski definition) is 4. The van der Waals surface area contributed by atoms with E-state index >= 15 is 0 Å². The van der Waals surface area contributed by atoms with Crippen LogP contribution in [0.25, 0.3) is 0 Å². The zero-order chi connectivity index (χ0) is 28.1. The third-order valence-electron chi connectivity index (χ3n) is 5.94. The van der Waals surface area contributed by atoms with Gasteiger partial charge in [0.1, 0.15) is 12.2 Å². The van der Waals surface area contributed by atoms with E-state index in [1.54, 1.807) is 4.90 Å². The highest BCUT2D eigenvalue weighted by molar-refractivity contribution is 6.26. The fourth-order valence-corrected chi connectivity index (χ4v) is 4.19. The monoisotopic (exact) mass is 530 g/mol. The van der Waals surface area contributed by atoms with Gasteiger partial charge in [0.05, 0.1) is 26.2 Å². The number of benzene rings is 1. The van der Waals surface area contributed by atoms with Crippen molar-refractivity contribution in [2.45, 2.75) is 25.8 Å². The van der Waals surface area contributed by atoms with Crippen LogP contribution in [0.3, 0.4) is 0 Å². The number of carbonyl (C=O) groups is 5. The van der Waals surface area contributed by atoms with Gasteiger partial charge in [-0.15, -0.1) is 0 Å². The molecule has 204 valence electrons. The molecule has 0 bridgehead atoms. The number of pyridine rings is 1. The summed E-state index contributed by atoms with van der Waals surface area (Å²) in [5.74, 6) is -6.80. The van der Waals surface area contributed by atoms with Crippen molar-refractivity contribution in [1.82, 2.24) is 4.98 Å². The molecule has 2 aliphatic heterocycles. The number of aliphatic carboxylic acids is 4. The Morgan fingerprint density at radius 3 is 2.03 bits per heavy atom. The number of carboxylic acids is 4. The van der Waals surface area contributed by atoms with E-state index in [2.05, 4.69) is 23.2 Å². The summed E-state index contributed by atoms with van der Waals surface area (Å²) in [6.45, 7) is 5.59. The van der Waals surface area contributed by atoms with Gasteiger partial charge in [-0.05, 0) is 31.4 Å². The Morgan fingerprint density at radius 2 is 1.47 bits per heavy atom. The minimum absolute atomic E-state index is 0.216. The first-order chi connectivity index (χ1) is 18.1. The van der Waals surface area contributed by atoms with Gasteiger partial charge in [0.15, 0.2) is 18.5 Å². The van der Waals surface area contributed by atoms with Gasteiger partial charge in [0, 0.05) is 11.8 Å². The number of fused-ring (bicyclic) bond motifs is 1. The van der Waals surface area contributed by atoms with Crippen LogP contribution >= 0.6 is 0 Å². The van der Waals surface area contributed by atoms with E-state index in [0.29, 0.717) is 6.54 Å². The highest BCUT2D eigenvalue weighted by Crippen LogP contribution is 2.22. The lowest BCUT2D eigenvalue weighted by atomic mass is 10.1. The molecule has 0 saturated carbocycles. The molecule has 1 aromatic carbocycles. The zero-order valence-electron chi connectivity index (χ0n) is 20.6. The first-order valence-corrected chi connectivity index (χ1v) is 12.0. The maximum Gasteiger partial charge on any atom is 0.351 e. The SMILES string of the molecule is O=C([O-])C(=O)O.O=C([O-])C(=O)O.O=C1C[NH+](Cc2ccccc2)c2ncccc2N1CC[NH+]1CCCCC1. The molecule has 1 atom stereocenters. The summed E-state index contributed by atoms with van der Waals surface area (Å²) in [4.78, 5) is 58.3. The number of carboxylic acid groups (broad SMARTS) is 4. The number of piperidine rings is 1. The van der Waals surface area contributed by atoms with E-state index in [0.717, 1.165) is 36.0 Å². The fraction of sp³-hybridized carbons (Fsp3) is 0.360. The molecule has 1 aromatic heterocycles. The topological polar surface area (TPSA) is 197 Å². The van der Waals surface area contributed by atoms with Crippen LogP contribution in [-0.4, -0.2) is 77.7 Å². The molecule has 38 heavy (non-hydrogen) atoms. The standard InChI is InChI=1S/C21H26N4O.2C2H2O4/c26-20-17-24(16-18-8-3-1-4-9-18)21-19(10-7-11-22-21)25(20)15-14-23-12-5-2-6-13-23;2*3-1(4)2(5)6/h1,3-4,7-11H,2,5-6,12-17H2;2*(H,3,4)(H,5,6). The Balaban J connectivity index is 0.000000355. The van der Waals surface area contributed by atoms with E-state index in [4.69, 9.17) is 39.6 Å². The molecule has 0 radical (unpaired) electrons.